The highest BCUT2D eigenvalue weighted by atomic mass is 32.2. The van der Waals surface area contributed by atoms with Crippen LogP contribution in [0.5, 0.6) is 0 Å². The van der Waals surface area contributed by atoms with Crippen LogP contribution < -0.4 is 4.72 Å². The Kier molecular flexibility index (Phi) is 5.71. The molecular weight excluding hydrogens is 368 g/mol. The zero-order valence-corrected chi connectivity index (χ0v) is 14.6. The van der Waals surface area contributed by atoms with Crippen LogP contribution in [0.3, 0.4) is 0 Å². The zero-order chi connectivity index (χ0) is 19.5. The normalized spacial score (nSPS) is 12.3. The van der Waals surface area contributed by atoms with Crippen LogP contribution in [-0.4, -0.2) is 32.5 Å². The molecule has 0 radical (unpaired) electrons. The van der Waals surface area contributed by atoms with Gasteiger partial charge in [0.2, 0.25) is 15.8 Å². The van der Waals surface area contributed by atoms with Crippen molar-refractivity contribution in [1.29, 1.82) is 0 Å². The summed E-state index contributed by atoms with van der Waals surface area (Å²) < 4.78 is 55.8. The van der Waals surface area contributed by atoms with Gasteiger partial charge in [0, 0.05) is 11.3 Å². The quantitative estimate of drug-likeness (QED) is 0.612. The van der Waals surface area contributed by atoms with Crippen molar-refractivity contribution >= 4 is 27.5 Å². The molecule has 0 aliphatic carbocycles. The average molecular weight is 383 g/mol. The molecule has 1 atom stereocenters. The molecule has 6 nitrogen and oxygen atoms in total. The molecule has 0 amide bonds. The monoisotopic (exact) mass is 383 g/mol. The molecule has 2 rings (SSSR count). The highest BCUT2D eigenvalue weighted by molar-refractivity contribution is 7.92. The molecule has 1 unspecified atom stereocenters. The summed E-state index contributed by atoms with van der Waals surface area (Å²) in [5.41, 5.74) is 0.0295. The minimum absolute atomic E-state index is 0.0172. The van der Waals surface area contributed by atoms with Gasteiger partial charge in [0.1, 0.15) is 0 Å². The van der Waals surface area contributed by atoms with Crippen molar-refractivity contribution in [1.82, 2.24) is 0 Å². The number of ketones is 1. The number of hydrogen-bond donors (Lipinski definition) is 1. The highest BCUT2D eigenvalue weighted by Gasteiger charge is 2.21. The maximum absolute atomic E-state index is 13.2. The first kappa shape index (κ1) is 19.5. The molecule has 0 aromatic heterocycles. The van der Waals surface area contributed by atoms with Gasteiger partial charge in [0.25, 0.3) is 0 Å². The first-order valence-electron chi connectivity index (χ1n) is 7.35. The number of Topliss-reactive ketones (excluding diaryl/α,β-unsaturated/α-hetero) is 1. The van der Waals surface area contributed by atoms with Crippen molar-refractivity contribution in [2.24, 2.45) is 0 Å². The summed E-state index contributed by atoms with van der Waals surface area (Å²) in [6.07, 6.45) is -0.292. The number of esters is 1. The fraction of sp³-hybridized carbons (Fsp3) is 0.176. The van der Waals surface area contributed by atoms with E-state index in [1.807, 2.05) is 0 Å². The number of anilines is 1. The molecule has 0 fully saturated rings. The van der Waals surface area contributed by atoms with Crippen LogP contribution in [0.2, 0.25) is 0 Å². The summed E-state index contributed by atoms with van der Waals surface area (Å²) >= 11 is 0. The zero-order valence-electron chi connectivity index (χ0n) is 13.8. The highest BCUT2D eigenvalue weighted by Crippen LogP contribution is 2.16. The minimum atomic E-state index is -3.52. The van der Waals surface area contributed by atoms with Crippen LogP contribution in [0.4, 0.5) is 14.5 Å². The van der Waals surface area contributed by atoms with Crippen molar-refractivity contribution in [2.45, 2.75) is 13.0 Å². The van der Waals surface area contributed by atoms with Gasteiger partial charge in [0.15, 0.2) is 17.7 Å². The number of rotatable bonds is 6. The molecule has 0 saturated carbocycles. The number of halogens is 2. The van der Waals surface area contributed by atoms with Gasteiger partial charge in [-0.05, 0) is 43.3 Å². The summed E-state index contributed by atoms with van der Waals surface area (Å²) in [5, 5.41) is 0. The van der Waals surface area contributed by atoms with Gasteiger partial charge in [-0.2, -0.15) is 0 Å². The van der Waals surface area contributed by atoms with E-state index in [1.165, 1.54) is 31.2 Å². The molecule has 0 bridgehead atoms. The Morgan fingerprint density at radius 3 is 2.35 bits per heavy atom. The van der Waals surface area contributed by atoms with E-state index in [0.717, 1.165) is 24.5 Å². The Hall–Kier alpha value is -2.81. The van der Waals surface area contributed by atoms with Crippen LogP contribution >= 0.6 is 0 Å². The minimum Gasteiger partial charge on any atom is -0.451 e. The lowest BCUT2D eigenvalue weighted by atomic mass is 10.1. The van der Waals surface area contributed by atoms with Crippen molar-refractivity contribution in [3.63, 3.8) is 0 Å². The smallest absolute Gasteiger partial charge is 0.338 e. The van der Waals surface area contributed by atoms with E-state index < -0.39 is 39.5 Å². The number of sulfonamides is 1. The molecule has 0 aliphatic heterocycles. The van der Waals surface area contributed by atoms with Crippen molar-refractivity contribution in [2.75, 3.05) is 11.0 Å². The van der Waals surface area contributed by atoms with E-state index in [9.17, 15) is 26.8 Å². The third-order valence-corrected chi connectivity index (χ3v) is 3.87. The number of nitrogens with one attached hydrogen (secondary N) is 1. The maximum atomic E-state index is 13.2. The SMILES string of the molecule is CC(OC(=O)c1cccc(NS(C)(=O)=O)c1)C(=O)c1ccc(F)c(F)c1. The lowest BCUT2D eigenvalue weighted by molar-refractivity contribution is 0.0318. The van der Waals surface area contributed by atoms with E-state index in [2.05, 4.69) is 4.72 Å². The summed E-state index contributed by atoms with van der Waals surface area (Å²) in [6, 6.07) is 8.11. The third-order valence-electron chi connectivity index (χ3n) is 3.26. The van der Waals surface area contributed by atoms with Gasteiger partial charge in [-0.1, -0.05) is 6.07 Å². The molecule has 0 heterocycles. The van der Waals surface area contributed by atoms with Gasteiger partial charge in [0.05, 0.1) is 11.8 Å². The third kappa shape index (κ3) is 5.09. The molecule has 138 valence electrons. The molecular formula is C17H15F2NO5S. The second-order valence-corrected chi connectivity index (χ2v) is 7.24. The Balaban J connectivity index is 2.12. The van der Waals surface area contributed by atoms with Crippen LogP contribution in [-0.2, 0) is 14.8 Å². The molecule has 2 aromatic carbocycles. The Bertz CT molecular complexity index is 959. The second-order valence-electron chi connectivity index (χ2n) is 5.50. The summed E-state index contributed by atoms with van der Waals surface area (Å²) in [6.45, 7) is 1.29. The Morgan fingerprint density at radius 1 is 1.04 bits per heavy atom. The summed E-state index contributed by atoms with van der Waals surface area (Å²) in [5.74, 6) is -3.86. The molecule has 26 heavy (non-hydrogen) atoms. The first-order valence-corrected chi connectivity index (χ1v) is 9.24. The van der Waals surface area contributed by atoms with Crippen LogP contribution in [0.15, 0.2) is 42.5 Å². The standard InChI is InChI=1S/C17H15F2NO5S/c1-10(16(21)11-6-7-14(18)15(19)9-11)25-17(22)12-4-3-5-13(8-12)20-26(2,23)24/h3-10,20H,1-2H3. The predicted molar refractivity (Wildman–Crippen MR) is 90.5 cm³/mol. The van der Waals surface area contributed by atoms with Crippen molar-refractivity contribution in [3.05, 3.63) is 65.2 Å². The van der Waals surface area contributed by atoms with E-state index in [1.54, 1.807) is 0 Å². The first-order chi connectivity index (χ1) is 12.1. The number of ether oxygens (including phenoxy) is 1. The molecule has 0 spiro atoms. The summed E-state index contributed by atoms with van der Waals surface area (Å²) in [4.78, 5) is 24.3. The maximum Gasteiger partial charge on any atom is 0.338 e. The van der Waals surface area contributed by atoms with Crippen LogP contribution in [0.1, 0.15) is 27.6 Å². The van der Waals surface area contributed by atoms with E-state index in [-0.39, 0.29) is 16.8 Å². The fourth-order valence-corrected chi connectivity index (χ4v) is 2.65. The lowest BCUT2D eigenvalue weighted by Gasteiger charge is -2.13. The lowest BCUT2D eigenvalue weighted by Crippen LogP contribution is -2.24. The fourth-order valence-electron chi connectivity index (χ4n) is 2.09. The van der Waals surface area contributed by atoms with E-state index >= 15 is 0 Å². The predicted octanol–water partition coefficient (Wildman–Crippen LogP) is 2.76. The molecule has 0 saturated heterocycles. The number of carbonyl (C=O) groups is 2. The van der Waals surface area contributed by atoms with Crippen molar-refractivity contribution in [3.8, 4) is 0 Å². The van der Waals surface area contributed by atoms with Crippen LogP contribution in [0, 0.1) is 11.6 Å². The van der Waals surface area contributed by atoms with Crippen LogP contribution in [0.25, 0.3) is 0 Å². The topological polar surface area (TPSA) is 89.5 Å². The van der Waals surface area contributed by atoms with Gasteiger partial charge >= 0.3 is 5.97 Å². The number of hydrogen-bond acceptors (Lipinski definition) is 5. The van der Waals surface area contributed by atoms with Crippen molar-refractivity contribution < 1.29 is 31.5 Å². The van der Waals surface area contributed by atoms with E-state index in [0.29, 0.717) is 0 Å². The van der Waals surface area contributed by atoms with Gasteiger partial charge < -0.3 is 4.74 Å². The molecule has 9 heteroatoms. The average Bonchev–Trinajstić information content (AvgIpc) is 2.55. The second kappa shape index (κ2) is 7.61. The molecule has 1 N–H and O–H groups in total. The summed E-state index contributed by atoms with van der Waals surface area (Å²) in [7, 11) is -3.52. The number of carbonyl (C=O) groups excluding carboxylic acids is 2. The molecule has 0 aliphatic rings. The van der Waals surface area contributed by atoms with E-state index in [4.69, 9.17) is 4.74 Å². The molecule has 2 aromatic rings. The Morgan fingerprint density at radius 2 is 1.73 bits per heavy atom. The van der Waals surface area contributed by atoms with Gasteiger partial charge in [-0.15, -0.1) is 0 Å². The van der Waals surface area contributed by atoms with Gasteiger partial charge in [-0.3, -0.25) is 9.52 Å². The number of benzene rings is 2. The van der Waals surface area contributed by atoms with Gasteiger partial charge in [-0.25, -0.2) is 22.0 Å². The Labute approximate surface area is 148 Å². The largest absolute Gasteiger partial charge is 0.451 e.